The van der Waals surface area contributed by atoms with Gasteiger partial charge in [0.05, 0.1) is 0 Å². The molecule has 0 fully saturated rings. The highest BCUT2D eigenvalue weighted by molar-refractivity contribution is 8.17. The van der Waals surface area contributed by atoms with Crippen molar-refractivity contribution in [1.29, 1.82) is 5.26 Å². The van der Waals surface area contributed by atoms with Crippen molar-refractivity contribution in [2.45, 2.75) is 0 Å². The first-order valence-electron chi connectivity index (χ1n) is 3.66. The summed E-state index contributed by atoms with van der Waals surface area (Å²) >= 11 is 0.630. The van der Waals surface area contributed by atoms with Crippen LogP contribution in [0, 0.1) is 10.7 Å². The summed E-state index contributed by atoms with van der Waals surface area (Å²) < 4.78 is 0. The number of carbonyl (C=O) groups is 1. The van der Waals surface area contributed by atoms with E-state index in [-0.39, 0.29) is 5.12 Å². The van der Waals surface area contributed by atoms with E-state index >= 15 is 0 Å². The number of benzene rings is 1. The number of nitrogens with zero attached hydrogens (tertiary/aromatic N) is 1. The van der Waals surface area contributed by atoms with Gasteiger partial charge in [0, 0.05) is 11.8 Å². The summed E-state index contributed by atoms with van der Waals surface area (Å²) in [7, 11) is 0. The number of rotatable bonds is 2. The molecule has 0 saturated carbocycles. The molecular weight excluding hydrogens is 182 g/mol. The fourth-order valence-electron chi connectivity index (χ4n) is 0.807. The average molecular weight is 189 g/mol. The highest BCUT2D eigenvalue weighted by atomic mass is 32.2. The van der Waals surface area contributed by atoms with Crippen LogP contribution in [-0.2, 0) is 4.79 Å². The third-order valence-electron chi connectivity index (χ3n) is 1.36. The third-order valence-corrected chi connectivity index (χ3v) is 1.79. The maximum Gasteiger partial charge on any atom is 0.226 e. The van der Waals surface area contributed by atoms with Gasteiger partial charge in [-0.25, -0.2) is 0 Å². The van der Waals surface area contributed by atoms with Crippen molar-refractivity contribution in [3.05, 3.63) is 42.0 Å². The number of thiocyanates is 1. The zero-order valence-corrected chi connectivity index (χ0v) is 7.62. The molecule has 1 aromatic carbocycles. The topological polar surface area (TPSA) is 40.9 Å². The van der Waals surface area contributed by atoms with E-state index in [9.17, 15) is 4.79 Å². The molecule has 13 heavy (non-hydrogen) atoms. The summed E-state index contributed by atoms with van der Waals surface area (Å²) in [5, 5.41) is 9.67. The molecule has 0 aliphatic carbocycles. The fourth-order valence-corrected chi connectivity index (χ4v) is 1.03. The first-order chi connectivity index (χ1) is 6.33. The molecule has 3 heteroatoms. The van der Waals surface area contributed by atoms with E-state index in [2.05, 4.69) is 0 Å². The van der Waals surface area contributed by atoms with Gasteiger partial charge < -0.3 is 0 Å². The standard InChI is InChI=1S/C10H7NOS/c11-8-13-10(12)7-6-9-4-2-1-3-5-9/h1-7H/b7-6+. The molecule has 0 aliphatic rings. The minimum Gasteiger partial charge on any atom is -0.281 e. The molecule has 2 nitrogen and oxygen atoms in total. The van der Waals surface area contributed by atoms with E-state index in [1.54, 1.807) is 11.5 Å². The quantitative estimate of drug-likeness (QED) is 0.530. The van der Waals surface area contributed by atoms with Crippen LogP contribution in [-0.4, -0.2) is 5.12 Å². The average Bonchev–Trinajstić information content (AvgIpc) is 2.17. The summed E-state index contributed by atoms with van der Waals surface area (Å²) in [6.07, 6.45) is 3.08. The number of thioether (sulfide) groups is 1. The van der Waals surface area contributed by atoms with Gasteiger partial charge in [0.15, 0.2) is 0 Å². The Morgan fingerprint density at radius 2 is 2.08 bits per heavy atom. The van der Waals surface area contributed by atoms with Crippen molar-refractivity contribution in [3.8, 4) is 5.40 Å². The Morgan fingerprint density at radius 1 is 1.38 bits per heavy atom. The molecule has 0 amide bonds. The Hall–Kier alpha value is -1.53. The number of nitriles is 1. The largest absolute Gasteiger partial charge is 0.281 e. The molecule has 0 radical (unpaired) electrons. The normalized spacial score (nSPS) is 9.77. The van der Waals surface area contributed by atoms with Gasteiger partial charge in [-0.1, -0.05) is 36.4 Å². The first-order valence-corrected chi connectivity index (χ1v) is 4.47. The molecule has 0 bridgehead atoms. The lowest BCUT2D eigenvalue weighted by Crippen LogP contribution is -1.80. The molecule has 0 unspecified atom stereocenters. The Balaban J connectivity index is 2.60. The van der Waals surface area contributed by atoms with Gasteiger partial charge in [-0.15, -0.1) is 0 Å². The molecule has 64 valence electrons. The van der Waals surface area contributed by atoms with E-state index < -0.39 is 0 Å². The Bertz CT molecular complexity index is 351. The lowest BCUT2D eigenvalue weighted by atomic mass is 10.2. The maximum atomic E-state index is 10.9. The minimum atomic E-state index is -0.244. The van der Waals surface area contributed by atoms with Gasteiger partial charge in [0.25, 0.3) is 0 Å². The molecule has 0 spiro atoms. The van der Waals surface area contributed by atoms with Crippen LogP contribution in [0.25, 0.3) is 6.08 Å². The number of carbonyl (C=O) groups excluding carboxylic acids is 1. The van der Waals surface area contributed by atoms with Gasteiger partial charge in [0.2, 0.25) is 5.12 Å². The zero-order valence-electron chi connectivity index (χ0n) is 6.81. The second-order valence-electron chi connectivity index (χ2n) is 2.26. The molecule has 0 aromatic heterocycles. The van der Waals surface area contributed by atoms with E-state index in [1.165, 1.54) is 6.08 Å². The maximum absolute atomic E-state index is 10.9. The van der Waals surface area contributed by atoms with Crippen molar-refractivity contribution in [2.75, 3.05) is 0 Å². The van der Waals surface area contributed by atoms with Crippen LogP contribution in [0.15, 0.2) is 36.4 Å². The van der Waals surface area contributed by atoms with Crippen molar-refractivity contribution in [2.24, 2.45) is 0 Å². The molecule has 1 aromatic rings. The molecule has 0 heterocycles. The number of hydrogen-bond acceptors (Lipinski definition) is 3. The summed E-state index contributed by atoms with van der Waals surface area (Å²) in [4.78, 5) is 10.9. The second-order valence-corrected chi connectivity index (χ2v) is 3.05. The van der Waals surface area contributed by atoms with Gasteiger partial charge in [-0.3, -0.25) is 4.79 Å². The summed E-state index contributed by atoms with van der Waals surface area (Å²) in [5.41, 5.74) is 0.953. The fraction of sp³-hybridized carbons (Fsp3) is 0. The van der Waals surface area contributed by atoms with Crippen LogP contribution in [0.5, 0.6) is 0 Å². The van der Waals surface area contributed by atoms with Crippen LogP contribution in [0.1, 0.15) is 5.56 Å². The van der Waals surface area contributed by atoms with Crippen LogP contribution in [0.2, 0.25) is 0 Å². The smallest absolute Gasteiger partial charge is 0.226 e. The Labute approximate surface area is 80.9 Å². The Kier molecular flexibility index (Phi) is 3.80. The lowest BCUT2D eigenvalue weighted by Gasteiger charge is -1.88. The molecule has 0 atom stereocenters. The predicted octanol–water partition coefficient (Wildman–Crippen LogP) is 2.44. The molecule has 0 aliphatic heterocycles. The highest BCUT2D eigenvalue weighted by Crippen LogP contribution is 2.04. The molecule has 0 saturated heterocycles. The van der Waals surface area contributed by atoms with E-state index in [4.69, 9.17) is 5.26 Å². The summed E-state index contributed by atoms with van der Waals surface area (Å²) in [6.45, 7) is 0. The number of hydrogen-bond donors (Lipinski definition) is 0. The predicted molar refractivity (Wildman–Crippen MR) is 53.7 cm³/mol. The van der Waals surface area contributed by atoms with E-state index in [1.807, 2.05) is 30.3 Å². The van der Waals surface area contributed by atoms with Crippen LogP contribution >= 0.6 is 11.8 Å². The van der Waals surface area contributed by atoms with Crippen molar-refractivity contribution >= 4 is 23.0 Å². The van der Waals surface area contributed by atoms with Crippen molar-refractivity contribution in [3.63, 3.8) is 0 Å². The van der Waals surface area contributed by atoms with Gasteiger partial charge in [-0.2, -0.15) is 5.26 Å². The van der Waals surface area contributed by atoms with Crippen LogP contribution in [0.3, 0.4) is 0 Å². The van der Waals surface area contributed by atoms with Crippen molar-refractivity contribution in [1.82, 2.24) is 0 Å². The SMILES string of the molecule is N#CSC(=O)/C=C/c1ccccc1. The minimum absolute atomic E-state index is 0.244. The van der Waals surface area contributed by atoms with Crippen LogP contribution < -0.4 is 0 Å². The van der Waals surface area contributed by atoms with E-state index in [0.29, 0.717) is 11.8 Å². The van der Waals surface area contributed by atoms with Crippen molar-refractivity contribution < 1.29 is 4.79 Å². The molecular formula is C10H7NOS. The first kappa shape index (κ1) is 9.56. The Morgan fingerprint density at radius 3 is 2.69 bits per heavy atom. The molecule has 0 N–H and O–H groups in total. The summed E-state index contributed by atoms with van der Waals surface area (Å²) in [5.74, 6) is 0. The van der Waals surface area contributed by atoms with Crippen LogP contribution in [0.4, 0.5) is 0 Å². The van der Waals surface area contributed by atoms with Gasteiger partial charge in [-0.05, 0) is 11.6 Å². The zero-order chi connectivity index (χ0) is 9.52. The summed E-state index contributed by atoms with van der Waals surface area (Å²) in [6, 6.07) is 9.47. The monoisotopic (exact) mass is 189 g/mol. The molecule has 1 rings (SSSR count). The highest BCUT2D eigenvalue weighted by Gasteiger charge is 1.93. The third kappa shape index (κ3) is 3.59. The lowest BCUT2D eigenvalue weighted by molar-refractivity contribution is -0.106. The van der Waals surface area contributed by atoms with E-state index in [0.717, 1.165) is 5.56 Å². The van der Waals surface area contributed by atoms with Gasteiger partial charge >= 0.3 is 0 Å². The second kappa shape index (κ2) is 5.18. The van der Waals surface area contributed by atoms with Gasteiger partial charge in [0.1, 0.15) is 5.40 Å².